The number of halogens is 3. The number of thiophene rings is 1. The number of hydrogen-bond donors (Lipinski definition) is 1. The third kappa shape index (κ3) is 5.36. The van der Waals surface area contributed by atoms with Gasteiger partial charge in [-0.2, -0.15) is 0 Å². The minimum absolute atomic E-state index is 0.000974. The predicted octanol–water partition coefficient (Wildman–Crippen LogP) is 7.15. The van der Waals surface area contributed by atoms with Crippen LogP contribution in [0.4, 0.5) is 13.2 Å². The van der Waals surface area contributed by atoms with E-state index in [0.717, 1.165) is 30.5 Å². The van der Waals surface area contributed by atoms with Crippen LogP contribution < -0.4 is 5.32 Å². The normalized spacial score (nSPS) is 16.1. The summed E-state index contributed by atoms with van der Waals surface area (Å²) in [6.45, 7) is 4.33. The second kappa shape index (κ2) is 11.8. The molecule has 2 aromatic carbocycles. The minimum Gasteiger partial charge on any atom is -0.421 e. The second-order valence-corrected chi connectivity index (χ2v) is 12.7. The maximum absolute atomic E-state index is 14.0. The van der Waals surface area contributed by atoms with E-state index in [0.29, 0.717) is 62.3 Å². The molecule has 46 heavy (non-hydrogen) atoms. The Bertz CT molecular complexity index is 1990. The number of aromatic nitrogens is 3. The zero-order valence-electron chi connectivity index (χ0n) is 24.9. The van der Waals surface area contributed by atoms with E-state index in [1.807, 2.05) is 11.8 Å². The molecule has 7 rings (SSSR count). The molecule has 3 aromatic heterocycles. The van der Waals surface area contributed by atoms with Crippen molar-refractivity contribution in [1.82, 2.24) is 25.4 Å². The zero-order chi connectivity index (χ0) is 32.1. The summed E-state index contributed by atoms with van der Waals surface area (Å²) in [6.07, 6.45) is 2.11. The number of rotatable bonds is 8. The Morgan fingerprint density at radius 2 is 1.85 bits per heavy atom. The lowest BCUT2D eigenvalue weighted by Gasteiger charge is -2.19. The molecule has 8 nitrogen and oxygen atoms in total. The van der Waals surface area contributed by atoms with E-state index in [4.69, 9.17) is 9.40 Å². The number of benzene rings is 2. The van der Waals surface area contributed by atoms with Gasteiger partial charge in [0, 0.05) is 30.5 Å². The van der Waals surface area contributed by atoms with Gasteiger partial charge in [-0.05, 0) is 72.7 Å². The van der Waals surface area contributed by atoms with Crippen LogP contribution in [0.2, 0.25) is 0 Å². The lowest BCUT2D eigenvalue weighted by molar-refractivity contribution is 0.0776. The maximum Gasteiger partial charge on any atom is 0.261 e. The summed E-state index contributed by atoms with van der Waals surface area (Å²) < 4.78 is 46.7. The highest BCUT2D eigenvalue weighted by molar-refractivity contribution is 7.17. The number of carbonyl (C=O) groups is 2. The van der Waals surface area contributed by atoms with Crippen molar-refractivity contribution >= 4 is 23.2 Å². The molecule has 2 aliphatic rings. The number of hydrogen-bond acceptors (Lipinski definition) is 7. The van der Waals surface area contributed by atoms with Crippen LogP contribution in [0.25, 0.3) is 21.9 Å². The lowest BCUT2D eigenvalue weighted by atomic mass is 9.89. The Balaban J connectivity index is 1.32. The molecule has 234 valence electrons. The van der Waals surface area contributed by atoms with Crippen molar-refractivity contribution in [3.8, 4) is 21.9 Å². The van der Waals surface area contributed by atoms with Gasteiger partial charge < -0.3 is 14.6 Å². The molecule has 0 radical (unpaired) electrons. The van der Waals surface area contributed by atoms with Gasteiger partial charge in [0.1, 0.15) is 5.82 Å². The van der Waals surface area contributed by atoms with Crippen molar-refractivity contribution in [2.24, 2.45) is 0 Å². The molecule has 0 spiro atoms. The van der Waals surface area contributed by atoms with Crippen LogP contribution in [0.3, 0.4) is 0 Å². The van der Waals surface area contributed by atoms with Crippen molar-refractivity contribution in [2.45, 2.75) is 51.6 Å². The van der Waals surface area contributed by atoms with Crippen LogP contribution in [0.1, 0.15) is 80.2 Å². The topological polar surface area (TPSA) is 101 Å². The summed E-state index contributed by atoms with van der Waals surface area (Å²) in [5.41, 5.74) is 4.26. The number of fused-ring (bicyclic) bond motifs is 3. The highest BCUT2D eigenvalue weighted by atomic mass is 32.1. The summed E-state index contributed by atoms with van der Waals surface area (Å²) in [5, 5.41) is 11.2. The summed E-state index contributed by atoms with van der Waals surface area (Å²) >= 11 is 1.20. The summed E-state index contributed by atoms with van der Waals surface area (Å²) in [7, 11) is 0. The molecule has 0 aliphatic carbocycles. The first-order valence-electron chi connectivity index (χ1n) is 14.9. The van der Waals surface area contributed by atoms with Crippen molar-refractivity contribution < 1.29 is 27.2 Å². The number of amides is 2. The molecule has 1 saturated heterocycles. The first kappa shape index (κ1) is 29.8. The van der Waals surface area contributed by atoms with Gasteiger partial charge in [0.2, 0.25) is 11.8 Å². The van der Waals surface area contributed by atoms with E-state index in [-0.39, 0.29) is 36.1 Å². The average Bonchev–Trinajstić information content (AvgIpc) is 3.85. The van der Waals surface area contributed by atoms with E-state index in [9.17, 15) is 22.8 Å². The molecule has 2 amide bonds. The fourth-order valence-electron chi connectivity index (χ4n) is 6.28. The van der Waals surface area contributed by atoms with Crippen molar-refractivity contribution in [2.75, 3.05) is 6.54 Å². The summed E-state index contributed by atoms with van der Waals surface area (Å²) in [4.78, 5) is 35.1. The van der Waals surface area contributed by atoms with Crippen LogP contribution in [-0.4, -0.2) is 38.4 Å². The molecule has 2 aliphatic heterocycles. The maximum atomic E-state index is 14.0. The molecule has 5 heterocycles. The van der Waals surface area contributed by atoms with Gasteiger partial charge in [-0.1, -0.05) is 25.1 Å². The van der Waals surface area contributed by atoms with Crippen LogP contribution >= 0.6 is 11.3 Å². The van der Waals surface area contributed by atoms with Gasteiger partial charge in [0.25, 0.3) is 11.8 Å². The fraction of sp³-hybridized carbons (Fsp3) is 0.265. The van der Waals surface area contributed by atoms with Crippen molar-refractivity contribution in [1.29, 1.82) is 0 Å². The number of nitrogens with zero attached hydrogens (tertiary/aromatic N) is 4. The second-order valence-electron chi connectivity index (χ2n) is 11.6. The molecule has 1 fully saturated rings. The Kier molecular flexibility index (Phi) is 7.67. The van der Waals surface area contributed by atoms with Gasteiger partial charge in [-0.15, -0.1) is 21.5 Å². The Morgan fingerprint density at radius 1 is 1.04 bits per heavy atom. The monoisotopic (exact) mass is 643 g/mol. The zero-order valence-corrected chi connectivity index (χ0v) is 25.8. The Hall–Kier alpha value is -4.84. The Labute approximate surface area is 266 Å². The van der Waals surface area contributed by atoms with E-state index >= 15 is 0 Å². The van der Waals surface area contributed by atoms with Gasteiger partial charge in [0.15, 0.2) is 11.6 Å². The van der Waals surface area contributed by atoms with E-state index in [1.54, 1.807) is 31.2 Å². The molecule has 0 bridgehead atoms. The smallest absolute Gasteiger partial charge is 0.261 e. The fourth-order valence-corrected chi connectivity index (χ4v) is 7.26. The highest BCUT2D eigenvalue weighted by Gasteiger charge is 2.45. The molecule has 0 saturated carbocycles. The largest absolute Gasteiger partial charge is 0.421 e. The van der Waals surface area contributed by atoms with E-state index in [1.165, 1.54) is 29.5 Å². The Morgan fingerprint density at radius 3 is 2.59 bits per heavy atom. The number of pyridine rings is 1. The van der Waals surface area contributed by atoms with Crippen LogP contribution in [-0.2, 0) is 13.0 Å². The summed E-state index contributed by atoms with van der Waals surface area (Å²) in [6, 6.07) is 13.1. The third-order valence-corrected chi connectivity index (χ3v) is 9.64. The van der Waals surface area contributed by atoms with E-state index in [2.05, 4.69) is 15.5 Å². The SMILES string of the molecule is Cc1nnc(-c2c(C[C@H](C)c3ccc(F)cc3)nc3c(c2-c2ccc(C(=O)NCc4ccc(F)c(F)c4)s2)C(=O)N2CCC[C@H]32)o1. The summed E-state index contributed by atoms with van der Waals surface area (Å²) in [5.74, 6) is -2.33. The first-order chi connectivity index (χ1) is 22.2. The number of nitrogens with one attached hydrogen (secondary N) is 1. The van der Waals surface area contributed by atoms with Crippen molar-refractivity contribution in [3.63, 3.8) is 0 Å². The molecule has 2 atom stereocenters. The van der Waals surface area contributed by atoms with Crippen LogP contribution in [0.15, 0.2) is 59.0 Å². The number of aryl methyl sites for hydroxylation is 1. The highest BCUT2D eigenvalue weighted by Crippen LogP contribution is 2.49. The molecular formula is C34H28F3N5O3S. The van der Waals surface area contributed by atoms with Gasteiger partial charge in [-0.3, -0.25) is 14.6 Å². The molecule has 1 N–H and O–H groups in total. The molecule has 12 heteroatoms. The lowest BCUT2D eigenvalue weighted by Crippen LogP contribution is -2.23. The average molecular weight is 644 g/mol. The first-order valence-corrected chi connectivity index (χ1v) is 15.8. The van der Waals surface area contributed by atoms with Gasteiger partial charge in [-0.25, -0.2) is 13.2 Å². The molecule has 0 unspecified atom stereocenters. The van der Waals surface area contributed by atoms with Gasteiger partial charge >= 0.3 is 0 Å². The predicted molar refractivity (Wildman–Crippen MR) is 165 cm³/mol. The number of carbonyl (C=O) groups excluding carboxylic acids is 2. The molecular weight excluding hydrogens is 615 g/mol. The van der Waals surface area contributed by atoms with Gasteiger partial charge in [0.05, 0.1) is 33.4 Å². The quantitative estimate of drug-likeness (QED) is 0.193. The minimum atomic E-state index is -0.991. The van der Waals surface area contributed by atoms with E-state index < -0.39 is 17.5 Å². The van der Waals surface area contributed by atoms with Crippen LogP contribution in [0, 0.1) is 24.4 Å². The third-order valence-electron chi connectivity index (χ3n) is 8.54. The molecule has 5 aromatic rings. The standard InChI is InChI=1S/C34H28F3N5O3S/c1-17(20-6-8-21(35)9-7-20)14-24-28(33-41-40-18(2)45-33)29(30-31(39-24)25-4-3-13-42(25)34(30)44)26-11-12-27(46-26)32(43)38-16-19-5-10-22(36)23(37)15-19/h5-12,15,17,25H,3-4,13-14,16H2,1-2H3,(H,38,43)/t17-,25+/m0/s1. The van der Waals surface area contributed by atoms with Crippen LogP contribution in [0.5, 0.6) is 0 Å². The van der Waals surface area contributed by atoms with Crippen molar-refractivity contribution in [3.05, 3.63) is 111 Å².